The monoisotopic (exact) mass is 476 g/mol. The Balaban J connectivity index is 1.69. The smallest absolute Gasteiger partial charge is 0.367 e. The van der Waals surface area contributed by atoms with Crippen LogP contribution in [-0.4, -0.2) is 33.7 Å². The zero-order valence-corrected chi connectivity index (χ0v) is 16.5. The first-order valence-corrected chi connectivity index (χ1v) is 9.23. The van der Waals surface area contributed by atoms with Crippen LogP contribution < -0.4 is 5.32 Å². The van der Waals surface area contributed by atoms with Crippen molar-refractivity contribution in [3.05, 3.63) is 76.9 Å². The predicted molar refractivity (Wildman–Crippen MR) is 99.6 cm³/mol. The van der Waals surface area contributed by atoms with Crippen molar-refractivity contribution in [2.45, 2.75) is 25.5 Å². The van der Waals surface area contributed by atoms with Gasteiger partial charge in [-0.15, -0.1) is 5.10 Å². The van der Waals surface area contributed by atoms with Crippen LogP contribution in [0.25, 0.3) is 5.69 Å². The van der Waals surface area contributed by atoms with Gasteiger partial charge in [0.15, 0.2) is 11.4 Å². The maximum Gasteiger partial charge on any atom is 0.435 e. The van der Waals surface area contributed by atoms with Gasteiger partial charge in [0.2, 0.25) is 0 Å². The second-order valence-electron chi connectivity index (χ2n) is 6.78. The Hall–Kier alpha value is -3.48. The van der Waals surface area contributed by atoms with Gasteiger partial charge < -0.3 is 10.1 Å². The maximum atomic E-state index is 13.6. The van der Waals surface area contributed by atoms with Crippen LogP contribution in [0.5, 0.6) is 0 Å². The van der Waals surface area contributed by atoms with E-state index in [2.05, 4.69) is 20.4 Å². The topological polar surface area (TPSA) is 69.0 Å². The first-order chi connectivity index (χ1) is 15.4. The lowest BCUT2D eigenvalue weighted by molar-refractivity contribution is -0.176. The number of carbonyl (C=O) groups excluding carboxylic acids is 1. The summed E-state index contributed by atoms with van der Waals surface area (Å²) in [5.74, 6) is -1.81. The highest BCUT2D eigenvalue weighted by Gasteiger charge is 2.42. The number of amides is 1. The van der Waals surface area contributed by atoms with Crippen LogP contribution in [0.4, 0.5) is 30.7 Å². The molecule has 6 nitrogen and oxygen atoms in total. The number of halogens is 7. The largest absolute Gasteiger partial charge is 0.435 e. The molecule has 0 saturated heterocycles. The van der Waals surface area contributed by atoms with Crippen LogP contribution in [0.2, 0.25) is 0 Å². The van der Waals surface area contributed by atoms with E-state index in [1.54, 1.807) is 0 Å². The Kier molecular flexibility index (Phi) is 7.01. The number of hydrogen-bond donors (Lipinski definition) is 1. The fourth-order valence-corrected chi connectivity index (χ4v) is 2.76. The lowest BCUT2D eigenvalue weighted by atomic mass is 10.1. The number of benzene rings is 2. The van der Waals surface area contributed by atoms with Crippen LogP contribution in [0.3, 0.4) is 0 Å². The fraction of sp³-hybridized carbons (Fsp3) is 0.250. The van der Waals surface area contributed by atoms with E-state index in [4.69, 9.17) is 0 Å². The lowest BCUT2D eigenvalue weighted by Gasteiger charge is -2.11. The third-order valence-corrected chi connectivity index (χ3v) is 4.24. The molecule has 1 N–H and O–H groups in total. The molecule has 176 valence electrons. The van der Waals surface area contributed by atoms with E-state index >= 15 is 0 Å². The molecule has 0 fully saturated rings. The van der Waals surface area contributed by atoms with Gasteiger partial charge in [-0.25, -0.2) is 9.07 Å². The molecule has 0 aliphatic heterocycles. The molecule has 3 rings (SSSR count). The number of nitrogens with one attached hydrogen (secondary N) is 1. The first kappa shape index (κ1) is 24.2. The van der Waals surface area contributed by atoms with Crippen LogP contribution in [0.15, 0.2) is 48.5 Å². The van der Waals surface area contributed by atoms with E-state index in [0.717, 1.165) is 24.3 Å². The molecule has 0 radical (unpaired) electrons. The van der Waals surface area contributed by atoms with Gasteiger partial charge in [0.25, 0.3) is 5.91 Å². The number of ether oxygens (including phenoxy) is 1. The average Bonchev–Trinajstić information content (AvgIpc) is 3.18. The molecule has 0 aliphatic carbocycles. The number of alkyl halides is 6. The number of aromatic nitrogens is 3. The second-order valence-corrected chi connectivity index (χ2v) is 6.78. The van der Waals surface area contributed by atoms with Crippen molar-refractivity contribution in [3.63, 3.8) is 0 Å². The third kappa shape index (κ3) is 6.51. The van der Waals surface area contributed by atoms with Crippen LogP contribution >= 0.6 is 0 Å². The van der Waals surface area contributed by atoms with Crippen molar-refractivity contribution in [1.29, 1.82) is 0 Å². The molecule has 0 bridgehead atoms. The Labute approximate surface area is 182 Å². The molecule has 1 heterocycles. The molecule has 2 aromatic carbocycles. The fourth-order valence-electron chi connectivity index (χ4n) is 2.76. The van der Waals surface area contributed by atoms with E-state index in [9.17, 15) is 35.5 Å². The molecule has 0 aliphatic rings. The Bertz CT molecular complexity index is 1090. The molecule has 0 saturated carbocycles. The number of hydrogen-bond acceptors (Lipinski definition) is 4. The number of carbonyl (C=O) groups is 1. The highest BCUT2D eigenvalue weighted by atomic mass is 19.4. The molecule has 1 amide bonds. The van der Waals surface area contributed by atoms with Crippen molar-refractivity contribution < 1.29 is 40.3 Å². The normalized spacial score (nSPS) is 12.1. The minimum Gasteiger partial charge on any atom is -0.367 e. The summed E-state index contributed by atoms with van der Waals surface area (Å²) in [6.45, 7) is -1.86. The van der Waals surface area contributed by atoms with Crippen molar-refractivity contribution in [3.8, 4) is 5.69 Å². The molecule has 0 spiro atoms. The van der Waals surface area contributed by atoms with Gasteiger partial charge in [0.05, 0.1) is 12.3 Å². The Morgan fingerprint density at radius 3 is 2.12 bits per heavy atom. The van der Waals surface area contributed by atoms with Gasteiger partial charge in [-0.05, 0) is 35.4 Å². The summed E-state index contributed by atoms with van der Waals surface area (Å²) >= 11 is 0. The lowest BCUT2D eigenvalue weighted by Crippen LogP contribution is -2.27. The van der Waals surface area contributed by atoms with Crippen LogP contribution in [-0.2, 0) is 24.1 Å². The minimum absolute atomic E-state index is 0.140. The van der Waals surface area contributed by atoms with Gasteiger partial charge >= 0.3 is 12.4 Å². The average molecular weight is 476 g/mol. The minimum atomic E-state index is -4.98. The molecule has 33 heavy (non-hydrogen) atoms. The summed E-state index contributed by atoms with van der Waals surface area (Å²) in [7, 11) is 0. The van der Waals surface area contributed by atoms with Crippen molar-refractivity contribution in [2.24, 2.45) is 0 Å². The van der Waals surface area contributed by atoms with E-state index in [-0.39, 0.29) is 18.8 Å². The molecule has 0 unspecified atom stereocenters. The molecular weight excluding hydrogens is 461 g/mol. The van der Waals surface area contributed by atoms with E-state index in [0.29, 0.717) is 15.8 Å². The van der Waals surface area contributed by atoms with Gasteiger partial charge in [0, 0.05) is 6.54 Å². The molecule has 1 aromatic heterocycles. The Morgan fingerprint density at radius 1 is 0.939 bits per heavy atom. The van der Waals surface area contributed by atoms with Gasteiger partial charge in [0.1, 0.15) is 12.4 Å². The standard InChI is InChI=1S/C20H15F7N4O2/c21-14-5-7-15(8-6-14)31-17(20(25,26)27)16(29-30-31)18(32)28-9-12-1-3-13(4-2-12)10-33-11-19(22,23)24/h1-8H,9-11H2,(H,28,32). The molecule has 0 atom stereocenters. The van der Waals surface area contributed by atoms with E-state index in [1.807, 2.05) is 0 Å². The summed E-state index contributed by atoms with van der Waals surface area (Å²) < 4.78 is 95.1. The van der Waals surface area contributed by atoms with Crippen LogP contribution in [0.1, 0.15) is 27.3 Å². The summed E-state index contributed by atoms with van der Waals surface area (Å²) in [6, 6.07) is 9.87. The SMILES string of the molecule is O=C(NCc1ccc(COCC(F)(F)F)cc1)c1nnn(-c2ccc(F)cc2)c1C(F)(F)F. The quantitative estimate of drug-likeness (QED) is 0.513. The highest BCUT2D eigenvalue weighted by molar-refractivity contribution is 5.93. The molecule has 3 aromatic rings. The Morgan fingerprint density at radius 2 is 1.55 bits per heavy atom. The molecular formula is C20H15F7N4O2. The van der Waals surface area contributed by atoms with Crippen molar-refractivity contribution >= 4 is 5.91 Å². The zero-order valence-electron chi connectivity index (χ0n) is 16.5. The van der Waals surface area contributed by atoms with E-state index < -0.39 is 42.1 Å². The van der Waals surface area contributed by atoms with Crippen molar-refractivity contribution in [1.82, 2.24) is 20.3 Å². The number of rotatable bonds is 7. The summed E-state index contributed by atoms with van der Waals surface area (Å²) in [5.41, 5.74) is -1.62. The number of nitrogens with zero attached hydrogens (tertiary/aromatic N) is 3. The maximum absolute atomic E-state index is 13.6. The van der Waals surface area contributed by atoms with Gasteiger partial charge in [-0.3, -0.25) is 4.79 Å². The summed E-state index contributed by atoms with van der Waals surface area (Å²) in [5, 5.41) is 9.01. The van der Waals surface area contributed by atoms with Crippen LogP contribution in [0, 0.1) is 5.82 Å². The van der Waals surface area contributed by atoms with E-state index in [1.165, 1.54) is 24.3 Å². The van der Waals surface area contributed by atoms with Crippen molar-refractivity contribution in [2.75, 3.05) is 6.61 Å². The zero-order chi connectivity index (χ0) is 24.2. The molecule has 13 heteroatoms. The highest BCUT2D eigenvalue weighted by Crippen LogP contribution is 2.32. The van der Waals surface area contributed by atoms with Gasteiger partial charge in [-0.1, -0.05) is 29.5 Å². The first-order valence-electron chi connectivity index (χ1n) is 9.23. The van der Waals surface area contributed by atoms with Gasteiger partial charge in [-0.2, -0.15) is 26.3 Å². The second kappa shape index (κ2) is 9.57. The summed E-state index contributed by atoms with van der Waals surface area (Å²) in [6.07, 6.45) is -9.43. The predicted octanol–water partition coefficient (Wildman–Crippen LogP) is 4.43. The third-order valence-electron chi connectivity index (χ3n) is 4.24. The summed E-state index contributed by atoms with van der Waals surface area (Å²) in [4.78, 5) is 12.4.